The second-order valence-corrected chi connectivity index (χ2v) is 5.78. The van der Waals surface area contributed by atoms with Gasteiger partial charge in [-0.25, -0.2) is 4.79 Å². The molecule has 120 valence electrons. The van der Waals surface area contributed by atoms with Crippen molar-refractivity contribution in [3.05, 3.63) is 33.9 Å². The summed E-state index contributed by atoms with van der Waals surface area (Å²) in [4.78, 5) is 22.1. The Kier molecular flexibility index (Phi) is 5.32. The van der Waals surface area contributed by atoms with E-state index in [2.05, 4.69) is 10.6 Å². The lowest BCUT2D eigenvalue weighted by Gasteiger charge is -2.25. The van der Waals surface area contributed by atoms with Crippen molar-refractivity contribution < 1.29 is 14.8 Å². The van der Waals surface area contributed by atoms with Gasteiger partial charge in [-0.2, -0.15) is 0 Å². The molecule has 1 aromatic rings. The van der Waals surface area contributed by atoms with E-state index in [0.717, 1.165) is 25.7 Å². The predicted octanol–water partition coefficient (Wildman–Crippen LogP) is 2.58. The van der Waals surface area contributed by atoms with Crippen LogP contribution in [0.2, 0.25) is 0 Å². The molecular weight excluding hydrogens is 286 g/mol. The molecule has 0 heterocycles. The van der Waals surface area contributed by atoms with Crippen LogP contribution in [0.3, 0.4) is 0 Å². The number of carbonyl (C=O) groups excluding carboxylic acids is 1. The van der Waals surface area contributed by atoms with Crippen LogP contribution < -0.4 is 10.6 Å². The summed E-state index contributed by atoms with van der Waals surface area (Å²) in [6, 6.07) is 4.12. The number of aliphatic hydroxyl groups is 1. The Balaban J connectivity index is 1.84. The normalized spacial score (nSPS) is 21.2. The molecule has 0 radical (unpaired) electrons. The zero-order valence-electron chi connectivity index (χ0n) is 12.5. The number of aryl methyl sites for hydroxylation is 1. The predicted molar refractivity (Wildman–Crippen MR) is 82.8 cm³/mol. The number of rotatable bonds is 4. The maximum Gasteiger partial charge on any atom is 0.319 e. The Morgan fingerprint density at radius 3 is 2.86 bits per heavy atom. The summed E-state index contributed by atoms with van der Waals surface area (Å²) >= 11 is 0. The first-order chi connectivity index (χ1) is 10.5. The van der Waals surface area contributed by atoms with E-state index < -0.39 is 4.92 Å². The number of urea groups is 1. The van der Waals surface area contributed by atoms with Crippen molar-refractivity contribution in [3.8, 4) is 0 Å². The van der Waals surface area contributed by atoms with Crippen LogP contribution in [0.4, 0.5) is 16.2 Å². The molecule has 1 aliphatic rings. The van der Waals surface area contributed by atoms with Crippen LogP contribution in [0, 0.1) is 23.0 Å². The Hall–Kier alpha value is -2.15. The van der Waals surface area contributed by atoms with Crippen molar-refractivity contribution in [1.82, 2.24) is 5.32 Å². The molecule has 1 aliphatic carbocycles. The van der Waals surface area contributed by atoms with Crippen LogP contribution in [0.5, 0.6) is 0 Å². The summed E-state index contributed by atoms with van der Waals surface area (Å²) in [5, 5.41) is 25.8. The molecule has 1 fully saturated rings. The number of benzene rings is 1. The van der Waals surface area contributed by atoms with E-state index in [1.54, 1.807) is 13.0 Å². The molecule has 2 amide bonds. The van der Waals surface area contributed by atoms with Gasteiger partial charge in [0.1, 0.15) is 0 Å². The lowest BCUT2D eigenvalue weighted by molar-refractivity contribution is -0.385. The Bertz CT molecular complexity index is 562. The molecule has 2 unspecified atom stereocenters. The van der Waals surface area contributed by atoms with Crippen LogP contribution in [0.25, 0.3) is 0 Å². The highest BCUT2D eigenvalue weighted by molar-refractivity contribution is 5.89. The quantitative estimate of drug-likeness (QED) is 0.587. The molecule has 0 bridgehead atoms. The number of nitrogens with one attached hydrogen (secondary N) is 2. The van der Waals surface area contributed by atoms with E-state index >= 15 is 0 Å². The molecule has 7 nitrogen and oxygen atoms in total. The fraction of sp³-hybridized carbons (Fsp3) is 0.533. The summed E-state index contributed by atoms with van der Waals surface area (Å²) in [6.45, 7) is 2.15. The summed E-state index contributed by atoms with van der Waals surface area (Å²) in [6.07, 6.45) is 3.28. The average molecular weight is 307 g/mol. The smallest absolute Gasteiger partial charge is 0.319 e. The zero-order chi connectivity index (χ0) is 16.1. The Morgan fingerprint density at radius 2 is 2.23 bits per heavy atom. The number of nitro benzene ring substituents is 1. The lowest BCUT2D eigenvalue weighted by atomic mass is 9.87. The highest BCUT2D eigenvalue weighted by Crippen LogP contribution is 2.24. The van der Waals surface area contributed by atoms with Crippen molar-refractivity contribution in [2.24, 2.45) is 5.92 Å². The minimum Gasteiger partial charge on any atom is -0.393 e. The molecule has 3 N–H and O–H groups in total. The van der Waals surface area contributed by atoms with Crippen molar-refractivity contribution in [3.63, 3.8) is 0 Å². The number of nitro groups is 1. The summed E-state index contributed by atoms with van der Waals surface area (Å²) in [5.74, 6) is 0.299. The SMILES string of the molecule is Cc1cc(NC(=O)NCC2CCCC(O)C2)ccc1[N+](=O)[O-]. The van der Waals surface area contributed by atoms with E-state index in [9.17, 15) is 20.0 Å². The summed E-state index contributed by atoms with van der Waals surface area (Å²) in [5.41, 5.74) is 1.05. The third-order valence-electron chi connectivity index (χ3n) is 3.96. The molecule has 0 aromatic heterocycles. The third-order valence-corrected chi connectivity index (χ3v) is 3.96. The number of aliphatic hydroxyl groups excluding tert-OH is 1. The first kappa shape index (κ1) is 16.2. The van der Waals surface area contributed by atoms with Crippen LogP contribution in [-0.4, -0.2) is 28.7 Å². The van der Waals surface area contributed by atoms with Gasteiger partial charge in [-0.05, 0) is 44.2 Å². The van der Waals surface area contributed by atoms with Crippen LogP contribution in [-0.2, 0) is 0 Å². The Labute approximate surface area is 128 Å². The average Bonchev–Trinajstić information content (AvgIpc) is 2.45. The summed E-state index contributed by atoms with van der Waals surface area (Å²) < 4.78 is 0. The summed E-state index contributed by atoms with van der Waals surface area (Å²) in [7, 11) is 0. The fourth-order valence-electron chi connectivity index (χ4n) is 2.80. The fourth-order valence-corrected chi connectivity index (χ4v) is 2.80. The van der Waals surface area contributed by atoms with Gasteiger partial charge < -0.3 is 15.7 Å². The zero-order valence-corrected chi connectivity index (χ0v) is 12.5. The van der Waals surface area contributed by atoms with Gasteiger partial charge in [0, 0.05) is 23.9 Å². The molecular formula is C15H21N3O4. The van der Waals surface area contributed by atoms with E-state index in [1.165, 1.54) is 12.1 Å². The number of hydrogen-bond acceptors (Lipinski definition) is 4. The molecule has 0 spiro atoms. The van der Waals surface area contributed by atoms with E-state index in [4.69, 9.17) is 0 Å². The van der Waals surface area contributed by atoms with Crippen LogP contribution in [0.15, 0.2) is 18.2 Å². The third kappa shape index (κ3) is 4.42. The topological polar surface area (TPSA) is 104 Å². The standard InChI is InChI=1S/C15H21N3O4/c1-10-7-12(5-6-14(10)18(21)22)17-15(20)16-9-11-3-2-4-13(19)8-11/h5-7,11,13,19H,2-4,8-9H2,1H3,(H2,16,17,20). The van der Waals surface area contributed by atoms with Gasteiger partial charge in [0.2, 0.25) is 0 Å². The van der Waals surface area contributed by atoms with Gasteiger partial charge >= 0.3 is 6.03 Å². The highest BCUT2D eigenvalue weighted by atomic mass is 16.6. The van der Waals surface area contributed by atoms with Gasteiger partial charge in [0.15, 0.2) is 0 Å². The number of hydrogen-bond donors (Lipinski definition) is 3. The largest absolute Gasteiger partial charge is 0.393 e. The maximum atomic E-state index is 11.8. The van der Waals surface area contributed by atoms with Gasteiger partial charge in [0.25, 0.3) is 5.69 Å². The monoisotopic (exact) mass is 307 g/mol. The van der Waals surface area contributed by atoms with Crippen molar-refractivity contribution in [2.45, 2.75) is 38.7 Å². The van der Waals surface area contributed by atoms with Gasteiger partial charge in [-0.1, -0.05) is 6.42 Å². The minimum atomic E-state index is -0.451. The van der Waals surface area contributed by atoms with Crippen LogP contribution >= 0.6 is 0 Å². The van der Waals surface area contributed by atoms with E-state index in [0.29, 0.717) is 23.7 Å². The van der Waals surface area contributed by atoms with Gasteiger partial charge in [-0.3, -0.25) is 10.1 Å². The number of amides is 2. The van der Waals surface area contributed by atoms with Gasteiger partial charge in [-0.15, -0.1) is 0 Å². The first-order valence-corrected chi connectivity index (χ1v) is 7.43. The second kappa shape index (κ2) is 7.22. The number of carbonyl (C=O) groups is 1. The number of anilines is 1. The maximum absolute atomic E-state index is 11.8. The van der Waals surface area contributed by atoms with Gasteiger partial charge in [0.05, 0.1) is 11.0 Å². The molecule has 0 aliphatic heterocycles. The van der Waals surface area contributed by atoms with Crippen molar-refractivity contribution in [1.29, 1.82) is 0 Å². The Morgan fingerprint density at radius 1 is 1.45 bits per heavy atom. The van der Waals surface area contributed by atoms with Crippen LogP contribution in [0.1, 0.15) is 31.2 Å². The molecule has 2 rings (SSSR count). The van der Waals surface area contributed by atoms with E-state index in [1.807, 2.05) is 0 Å². The number of nitrogens with zero attached hydrogens (tertiary/aromatic N) is 1. The second-order valence-electron chi connectivity index (χ2n) is 5.78. The van der Waals surface area contributed by atoms with Crippen molar-refractivity contribution >= 4 is 17.4 Å². The molecule has 22 heavy (non-hydrogen) atoms. The molecule has 1 saturated carbocycles. The molecule has 2 atom stereocenters. The first-order valence-electron chi connectivity index (χ1n) is 7.43. The minimum absolute atomic E-state index is 0.0298. The highest BCUT2D eigenvalue weighted by Gasteiger charge is 2.20. The molecule has 1 aromatic carbocycles. The van der Waals surface area contributed by atoms with Crippen molar-refractivity contribution in [2.75, 3.05) is 11.9 Å². The molecule has 0 saturated heterocycles. The lowest BCUT2D eigenvalue weighted by Crippen LogP contribution is -2.35. The van der Waals surface area contributed by atoms with E-state index in [-0.39, 0.29) is 17.8 Å². The molecule has 7 heteroatoms.